The van der Waals surface area contributed by atoms with E-state index in [2.05, 4.69) is 40.3 Å². The van der Waals surface area contributed by atoms with Crippen LogP contribution in [0.5, 0.6) is 0 Å². The van der Waals surface area contributed by atoms with Gasteiger partial charge in [-0.15, -0.1) is 0 Å². The second-order valence-electron chi connectivity index (χ2n) is 9.17. The van der Waals surface area contributed by atoms with E-state index < -0.39 is 18.2 Å². The van der Waals surface area contributed by atoms with Crippen molar-refractivity contribution in [3.8, 4) is 0 Å². The quantitative estimate of drug-likeness (QED) is 0.257. The molecule has 0 spiro atoms. The van der Waals surface area contributed by atoms with Crippen LogP contribution in [0.1, 0.15) is 46.5 Å². The molecule has 1 saturated heterocycles. The van der Waals surface area contributed by atoms with Gasteiger partial charge >= 0.3 is 0 Å². The van der Waals surface area contributed by atoms with E-state index >= 15 is 0 Å². The Morgan fingerprint density at radius 3 is 2.76 bits per heavy atom. The Balaban J connectivity index is 2.03. The number of carbonyl (C=O) groups excluding carboxylic acids is 3. The number of hydrogen-bond donors (Lipinski definition) is 5. The minimum absolute atomic E-state index is 0.0822. The summed E-state index contributed by atoms with van der Waals surface area (Å²) in [7, 11) is 0. The Morgan fingerprint density at radius 1 is 1.24 bits per heavy atom. The van der Waals surface area contributed by atoms with Crippen molar-refractivity contribution in [1.82, 2.24) is 21.3 Å². The van der Waals surface area contributed by atoms with Crippen LogP contribution in [0, 0.1) is 11.8 Å². The molecular weight excluding hydrogens is 472 g/mol. The summed E-state index contributed by atoms with van der Waals surface area (Å²) >= 11 is 3.40. The lowest BCUT2D eigenvalue weighted by molar-refractivity contribution is -0.131. The highest BCUT2D eigenvalue weighted by Gasteiger charge is 2.33. The summed E-state index contributed by atoms with van der Waals surface area (Å²) in [5.41, 5.74) is 0. The average Bonchev–Trinajstić information content (AvgIpc) is 2.82. The third kappa shape index (κ3) is 9.79. The summed E-state index contributed by atoms with van der Waals surface area (Å²) in [6.45, 7) is 7.74. The first-order chi connectivity index (χ1) is 16.3. The Morgan fingerprint density at radius 2 is 2.00 bits per heavy atom. The topological polar surface area (TPSA) is 120 Å². The molecule has 194 valence electrons. The van der Waals surface area contributed by atoms with Crippen LogP contribution < -0.4 is 21.3 Å². The van der Waals surface area contributed by atoms with Gasteiger partial charge in [0, 0.05) is 41.5 Å². The van der Waals surface area contributed by atoms with Gasteiger partial charge < -0.3 is 26.4 Å². The van der Waals surface area contributed by atoms with Crippen LogP contribution in [0.3, 0.4) is 0 Å². The Bertz CT molecular complexity index is 694. The summed E-state index contributed by atoms with van der Waals surface area (Å²) < 4.78 is 0. The number of amides is 3. The summed E-state index contributed by atoms with van der Waals surface area (Å²) in [5, 5.41) is 23.1. The maximum atomic E-state index is 12.9. The van der Waals surface area contributed by atoms with E-state index in [1.54, 1.807) is 37.4 Å². The molecule has 2 heterocycles. The summed E-state index contributed by atoms with van der Waals surface area (Å²) in [6, 6.07) is -1.21. The maximum Gasteiger partial charge on any atom is 0.242 e. The molecule has 0 aromatic heterocycles. The van der Waals surface area contributed by atoms with Gasteiger partial charge in [0.05, 0.1) is 18.1 Å². The first kappa shape index (κ1) is 29.0. The molecule has 0 radical (unpaired) electrons. The van der Waals surface area contributed by atoms with Crippen molar-refractivity contribution in [3.63, 3.8) is 0 Å². The molecule has 1 fully saturated rings. The van der Waals surface area contributed by atoms with Crippen molar-refractivity contribution < 1.29 is 19.5 Å². The van der Waals surface area contributed by atoms with E-state index in [0.29, 0.717) is 12.3 Å². The standard InChI is InChI=1S/C24H42N4O4S2/c1-4-5-9-26-22(30)16(2)13-20(29)19-15-33-11-6-7-12-34-21-14-25-10-8-18(21)24(32)27-17(3)23(31)28-19/h6-7,16-21,25,29H,4-5,8-15H2,1-3H3,(H,26,30)(H,27,32)(H,28,31)/b7-6+/t16-,17+,18-,19+,20+,21+/m1/s1. The van der Waals surface area contributed by atoms with Crippen molar-refractivity contribution in [2.45, 2.75) is 69.9 Å². The number of aliphatic hydroxyl groups is 1. The van der Waals surface area contributed by atoms with Crippen molar-refractivity contribution in [3.05, 3.63) is 12.2 Å². The number of fused-ring (bicyclic) bond motifs is 1. The highest BCUT2D eigenvalue weighted by molar-refractivity contribution is 8.00. The zero-order chi connectivity index (χ0) is 24.9. The summed E-state index contributed by atoms with van der Waals surface area (Å²) in [4.78, 5) is 38.2. The Kier molecular flexibility index (Phi) is 13.4. The van der Waals surface area contributed by atoms with Crippen molar-refractivity contribution in [1.29, 1.82) is 0 Å². The van der Waals surface area contributed by atoms with Gasteiger partial charge in [0.2, 0.25) is 17.7 Å². The molecule has 0 saturated carbocycles. The molecule has 10 heteroatoms. The number of nitrogens with one attached hydrogen (secondary N) is 4. The molecular formula is C24H42N4O4S2. The molecule has 0 bridgehead atoms. The second kappa shape index (κ2) is 15.7. The van der Waals surface area contributed by atoms with E-state index in [4.69, 9.17) is 0 Å². The number of piperidine rings is 1. The van der Waals surface area contributed by atoms with Gasteiger partial charge in [-0.25, -0.2) is 0 Å². The molecule has 6 atom stereocenters. The van der Waals surface area contributed by atoms with Crippen molar-refractivity contribution in [2.75, 3.05) is 36.9 Å². The molecule has 0 unspecified atom stereocenters. The number of unbranched alkanes of at least 4 members (excludes halogenated alkanes) is 1. The van der Waals surface area contributed by atoms with E-state index in [0.717, 1.165) is 43.9 Å². The van der Waals surface area contributed by atoms with Crippen molar-refractivity contribution >= 4 is 41.2 Å². The molecule has 2 rings (SSSR count). The fraction of sp³-hybridized carbons (Fsp3) is 0.792. The largest absolute Gasteiger partial charge is 0.391 e. The number of aliphatic hydroxyl groups excluding tert-OH is 1. The Labute approximate surface area is 212 Å². The number of carbonyl (C=O) groups is 3. The molecule has 0 aliphatic carbocycles. The molecule has 34 heavy (non-hydrogen) atoms. The van der Waals surface area contributed by atoms with E-state index in [9.17, 15) is 19.5 Å². The predicted octanol–water partition coefficient (Wildman–Crippen LogP) is 1.29. The van der Waals surface area contributed by atoms with Gasteiger partial charge in [0.1, 0.15) is 6.04 Å². The molecule has 5 N–H and O–H groups in total. The molecule has 2 aliphatic heterocycles. The highest BCUT2D eigenvalue weighted by atomic mass is 32.2. The molecule has 3 amide bonds. The number of thioether (sulfide) groups is 2. The van der Waals surface area contributed by atoms with Crippen LogP contribution in [0.25, 0.3) is 0 Å². The smallest absolute Gasteiger partial charge is 0.242 e. The van der Waals surface area contributed by atoms with Crippen molar-refractivity contribution in [2.24, 2.45) is 11.8 Å². The van der Waals surface area contributed by atoms with Crippen LogP contribution in [0.4, 0.5) is 0 Å². The zero-order valence-corrected chi connectivity index (χ0v) is 22.3. The van der Waals surface area contributed by atoms with Gasteiger partial charge in [0.25, 0.3) is 0 Å². The fourth-order valence-electron chi connectivity index (χ4n) is 4.02. The van der Waals surface area contributed by atoms with Crippen LogP contribution in [-0.4, -0.2) is 83.2 Å². The van der Waals surface area contributed by atoms with Gasteiger partial charge in [-0.2, -0.15) is 23.5 Å². The average molecular weight is 515 g/mol. The minimum Gasteiger partial charge on any atom is -0.391 e. The Hall–Kier alpha value is -1.23. The van der Waals surface area contributed by atoms with E-state index in [1.807, 2.05) is 0 Å². The molecule has 8 nitrogen and oxygen atoms in total. The third-order valence-corrected chi connectivity index (χ3v) is 8.60. The first-order valence-corrected chi connectivity index (χ1v) is 14.6. The predicted molar refractivity (Wildman–Crippen MR) is 141 cm³/mol. The zero-order valence-electron chi connectivity index (χ0n) is 20.7. The van der Waals surface area contributed by atoms with Gasteiger partial charge in [-0.1, -0.05) is 32.4 Å². The molecule has 0 aromatic rings. The van der Waals surface area contributed by atoms with Gasteiger partial charge in [0.15, 0.2) is 0 Å². The summed E-state index contributed by atoms with van der Waals surface area (Å²) in [5.74, 6) is 1.13. The normalized spacial score (nSPS) is 29.9. The third-order valence-electron chi connectivity index (χ3n) is 6.26. The summed E-state index contributed by atoms with van der Waals surface area (Å²) in [6.07, 6.45) is 6.28. The number of hydrogen-bond acceptors (Lipinski definition) is 7. The monoisotopic (exact) mass is 514 g/mol. The highest BCUT2D eigenvalue weighted by Crippen LogP contribution is 2.25. The van der Waals surface area contributed by atoms with Gasteiger partial charge in [-0.05, 0) is 32.7 Å². The lowest BCUT2D eigenvalue weighted by Gasteiger charge is -2.32. The maximum absolute atomic E-state index is 12.9. The first-order valence-electron chi connectivity index (χ1n) is 12.4. The van der Waals surface area contributed by atoms with Gasteiger partial charge in [-0.3, -0.25) is 14.4 Å². The molecule has 0 aromatic carbocycles. The number of rotatable bonds is 7. The van der Waals surface area contributed by atoms with E-state index in [-0.39, 0.29) is 41.2 Å². The van der Waals surface area contributed by atoms with E-state index in [1.165, 1.54) is 0 Å². The van der Waals surface area contributed by atoms with Crippen LogP contribution in [0.15, 0.2) is 12.2 Å². The molecule has 2 aliphatic rings. The lowest BCUT2D eigenvalue weighted by Crippen LogP contribution is -2.55. The lowest BCUT2D eigenvalue weighted by atomic mass is 9.96. The fourth-order valence-corrected chi connectivity index (χ4v) is 6.21. The SMILES string of the molecule is CCCCNC(=O)[C@H](C)C[C@H](O)[C@@H]1CSC/C=C/CS[C@H]2CNCC[C@H]2C(=O)N[C@@H](C)C(=O)N1. The van der Waals surface area contributed by atoms with Crippen LogP contribution in [-0.2, 0) is 14.4 Å². The second-order valence-corrected chi connectivity index (χ2v) is 11.5. The van der Waals surface area contributed by atoms with Crippen LogP contribution in [0.2, 0.25) is 0 Å². The van der Waals surface area contributed by atoms with Crippen LogP contribution >= 0.6 is 23.5 Å². The minimum atomic E-state index is -0.865.